The molecule has 0 atom stereocenters. The van der Waals surface area contributed by atoms with E-state index in [0.29, 0.717) is 40.9 Å². The Kier molecular flexibility index (Phi) is 5.26. The molecule has 2 rings (SSSR count). The third-order valence-electron chi connectivity index (χ3n) is 3.49. The second-order valence-corrected chi connectivity index (χ2v) is 5.04. The quantitative estimate of drug-likeness (QED) is 0.641. The lowest BCUT2D eigenvalue weighted by Crippen LogP contribution is -2.09. The summed E-state index contributed by atoms with van der Waals surface area (Å²) in [6.45, 7) is 6.08. The van der Waals surface area contributed by atoms with E-state index in [1.54, 1.807) is 6.92 Å². The van der Waals surface area contributed by atoms with Crippen LogP contribution in [0.1, 0.15) is 39.2 Å². The molecule has 0 saturated heterocycles. The van der Waals surface area contributed by atoms with Crippen molar-refractivity contribution >= 4 is 16.7 Å². The van der Waals surface area contributed by atoms with Gasteiger partial charge < -0.3 is 14.6 Å². The molecule has 0 heterocycles. The molecular formula is C18H22O4. The van der Waals surface area contributed by atoms with Crippen LogP contribution in [0, 0.1) is 0 Å². The van der Waals surface area contributed by atoms with Gasteiger partial charge in [0.05, 0.1) is 6.61 Å². The van der Waals surface area contributed by atoms with Gasteiger partial charge in [0.2, 0.25) is 0 Å². The van der Waals surface area contributed by atoms with Crippen molar-refractivity contribution in [2.24, 2.45) is 0 Å². The summed E-state index contributed by atoms with van der Waals surface area (Å²) < 4.78 is 11.2. The van der Waals surface area contributed by atoms with E-state index < -0.39 is 0 Å². The van der Waals surface area contributed by atoms with E-state index in [9.17, 15) is 9.90 Å². The molecule has 0 fully saturated rings. The van der Waals surface area contributed by atoms with Crippen LogP contribution in [0.4, 0.5) is 0 Å². The zero-order chi connectivity index (χ0) is 16.1. The molecule has 0 aromatic heterocycles. The SMILES string of the molecule is CCCc1c(OCC)c(OC(=O)CC)c2ccccc2c1O. The summed E-state index contributed by atoms with van der Waals surface area (Å²) in [6.07, 6.45) is 1.79. The highest BCUT2D eigenvalue weighted by Gasteiger charge is 2.22. The van der Waals surface area contributed by atoms with Gasteiger partial charge >= 0.3 is 5.97 Å². The maximum absolute atomic E-state index is 11.8. The number of hydrogen-bond acceptors (Lipinski definition) is 4. The van der Waals surface area contributed by atoms with Crippen LogP contribution in [0.15, 0.2) is 24.3 Å². The fourth-order valence-corrected chi connectivity index (χ4v) is 2.48. The Morgan fingerprint density at radius 3 is 2.36 bits per heavy atom. The first-order valence-electron chi connectivity index (χ1n) is 7.73. The molecular weight excluding hydrogens is 280 g/mol. The van der Waals surface area contributed by atoms with E-state index in [4.69, 9.17) is 9.47 Å². The third kappa shape index (κ3) is 3.01. The average Bonchev–Trinajstić information content (AvgIpc) is 2.54. The standard InChI is InChI=1S/C18H22O4/c1-4-9-14-16(20)12-10-7-8-11-13(12)18(17(14)21-6-3)22-15(19)5-2/h7-8,10-11,20H,4-6,9H2,1-3H3. The van der Waals surface area contributed by atoms with Crippen LogP contribution in [0.3, 0.4) is 0 Å². The smallest absolute Gasteiger partial charge is 0.311 e. The van der Waals surface area contributed by atoms with Crippen molar-refractivity contribution in [3.05, 3.63) is 29.8 Å². The van der Waals surface area contributed by atoms with E-state index in [2.05, 4.69) is 0 Å². The number of carbonyl (C=O) groups excluding carboxylic acids is 1. The van der Waals surface area contributed by atoms with E-state index in [-0.39, 0.29) is 18.1 Å². The molecule has 4 nitrogen and oxygen atoms in total. The van der Waals surface area contributed by atoms with Crippen molar-refractivity contribution in [3.8, 4) is 17.2 Å². The number of benzene rings is 2. The van der Waals surface area contributed by atoms with Gasteiger partial charge in [0.25, 0.3) is 0 Å². The number of carbonyl (C=O) groups is 1. The number of rotatable bonds is 6. The molecule has 2 aromatic rings. The maximum atomic E-state index is 11.8. The highest BCUT2D eigenvalue weighted by molar-refractivity contribution is 5.98. The molecule has 0 bridgehead atoms. The third-order valence-corrected chi connectivity index (χ3v) is 3.49. The molecule has 0 amide bonds. The highest BCUT2D eigenvalue weighted by Crippen LogP contribution is 2.46. The number of fused-ring (bicyclic) bond motifs is 1. The van der Waals surface area contributed by atoms with Crippen LogP contribution < -0.4 is 9.47 Å². The van der Waals surface area contributed by atoms with Gasteiger partial charge in [-0.25, -0.2) is 0 Å². The molecule has 2 aromatic carbocycles. The van der Waals surface area contributed by atoms with E-state index >= 15 is 0 Å². The number of hydrogen-bond donors (Lipinski definition) is 1. The first kappa shape index (κ1) is 16.1. The fourth-order valence-electron chi connectivity index (χ4n) is 2.48. The van der Waals surface area contributed by atoms with Crippen molar-refractivity contribution in [2.45, 2.75) is 40.0 Å². The summed E-state index contributed by atoms with van der Waals surface area (Å²) in [5.41, 5.74) is 0.696. The van der Waals surface area contributed by atoms with Crippen LogP contribution >= 0.6 is 0 Å². The molecule has 118 valence electrons. The second-order valence-electron chi connectivity index (χ2n) is 5.04. The highest BCUT2D eigenvalue weighted by atomic mass is 16.6. The topological polar surface area (TPSA) is 55.8 Å². The van der Waals surface area contributed by atoms with Gasteiger partial charge in [0, 0.05) is 22.8 Å². The van der Waals surface area contributed by atoms with Gasteiger partial charge in [0.15, 0.2) is 11.5 Å². The summed E-state index contributed by atoms with van der Waals surface area (Å²) in [4.78, 5) is 11.8. The van der Waals surface area contributed by atoms with Crippen molar-refractivity contribution in [3.63, 3.8) is 0 Å². The fraction of sp³-hybridized carbons (Fsp3) is 0.389. The summed E-state index contributed by atoms with van der Waals surface area (Å²) in [5, 5.41) is 11.9. The van der Waals surface area contributed by atoms with Gasteiger partial charge in [-0.2, -0.15) is 0 Å². The lowest BCUT2D eigenvalue weighted by molar-refractivity contribution is -0.134. The molecule has 0 spiro atoms. The average molecular weight is 302 g/mol. The number of ether oxygens (including phenoxy) is 2. The molecule has 0 aliphatic rings. The molecule has 22 heavy (non-hydrogen) atoms. The molecule has 0 radical (unpaired) electrons. The minimum Gasteiger partial charge on any atom is -0.507 e. The van der Waals surface area contributed by atoms with Crippen LogP contribution in [0.5, 0.6) is 17.2 Å². The predicted octanol–water partition coefficient (Wildman–Crippen LogP) is 4.21. The minimum absolute atomic E-state index is 0.206. The molecule has 0 unspecified atom stereocenters. The molecule has 0 aliphatic carbocycles. The van der Waals surface area contributed by atoms with Crippen molar-refractivity contribution < 1.29 is 19.4 Å². The number of phenols is 1. The zero-order valence-electron chi connectivity index (χ0n) is 13.3. The Morgan fingerprint density at radius 2 is 1.77 bits per heavy atom. The first-order chi connectivity index (χ1) is 10.6. The molecule has 0 aliphatic heterocycles. The Labute approximate surface area is 130 Å². The number of phenolic OH excluding ortho intramolecular Hbond substituents is 1. The van der Waals surface area contributed by atoms with Crippen LogP contribution in [0.25, 0.3) is 10.8 Å². The summed E-state index contributed by atoms with van der Waals surface area (Å²) in [5.74, 6) is 0.768. The Hall–Kier alpha value is -2.23. The zero-order valence-corrected chi connectivity index (χ0v) is 13.3. The molecule has 0 saturated carbocycles. The first-order valence-corrected chi connectivity index (χ1v) is 7.73. The van der Waals surface area contributed by atoms with E-state index in [0.717, 1.165) is 6.42 Å². The summed E-state index contributed by atoms with van der Waals surface area (Å²) in [6, 6.07) is 7.35. The number of aromatic hydroxyl groups is 1. The Bertz CT molecular complexity index is 676. The minimum atomic E-state index is -0.320. The van der Waals surface area contributed by atoms with Crippen molar-refractivity contribution in [2.75, 3.05) is 6.61 Å². The lowest BCUT2D eigenvalue weighted by Gasteiger charge is -2.19. The molecule has 1 N–H and O–H groups in total. The second kappa shape index (κ2) is 7.16. The largest absolute Gasteiger partial charge is 0.507 e. The van der Waals surface area contributed by atoms with Gasteiger partial charge in [-0.15, -0.1) is 0 Å². The normalized spacial score (nSPS) is 10.7. The van der Waals surface area contributed by atoms with Gasteiger partial charge in [0.1, 0.15) is 5.75 Å². The Morgan fingerprint density at radius 1 is 1.09 bits per heavy atom. The lowest BCUT2D eigenvalue weighted by atomic mass is 9.99. The summed E-state index contributed by atoms with van der Waals surface area (Å²) in [7, 11) is 0. The van der Waals surface area contributed by atoms with Gasteiger partial charge in [-0.3, -0.25) is 4.79 Å². The van der Waals surface area contributed by atoms with Crippen LogP contribution in [-0.2, 0) is 11.2 Å². The van der Waals surface area contributed by atoms with Crippen LogP contribution in [-0.4, -0.2) is 17.7 Å². The van der Waals surface area contributed by atoms with E-state index in [1.807, 2.05) is 38.1 Å². The number of esters is 1. The predicted molar refractivity (Wildman–Crippen MR) is 86.7 cm³/mol. The van der Waals surface area contributed by atoms with Crippen molar-refractivity contribution in [1.29, 1.82) is 0 Å². The van der Waals surface area contributed by atoms with E-state index in [1.165, 1.54) is 0 Å². The van der Waals surface area contributed by atoms with Gasteiger partial charge in [-0.05, 0) is 13.3 Å². The van der Waals surface area contributed by atoms with Crippen molar-refractivity contribution in [1.82, 2.24) is 0 Å². The summed E-state index contributed by atoms with van der Waals surface area (Å²) >= 11 is 0. The molecule has 4 heteroatoms. The van der Waals surface area contributed by atoms with Gasteiger partial charge in [-0.1, -0.05) is 44.5 Å². The monoisotopic (exact) mass is 302 g/mol. The maximum Gasteiger partial charge on any atom is 0.311 e. The Balaban J connectivity index is 2.77. The van der Waals surface area contributed by atoms with Crippen LogP contribution in [0.2, 0.25) is 0 Å².